The van der Waals surface area contributed by atoms with Crippen LogP contribution in [0.25, 0.3) is 0 Å². The topological polar surface area (TPSA) is 33.1 Å². The molecule has 1 aliphatic heterocycles. The first kappa shape index (κ1) is 13.1. The van der Waals surface area contributed by atoms with Crippen LogP contribution in [0.2, 0.25) is 0 Å². The zero-order chi connectivity index (χ0) is 13.5. The molecule has 1 atom stereocenters. The molecule has 1 unspecified atom stereocenters. The van der Waals surface area contributed by atoms with Crippen molar-refractivity contribution in [2.45, 2.75) is 52.2 Å². The molecule has 0 amide bonds. The Kier molecular flexibility index (Phi) is 3.39. The lowest BCUT2D eigenvalue weighted by atomic mass is 9.93. The van der Waals surface area contributed by atoms with Crippen LogP contribution in [-0.2, 0) is 13.1 Å². The number of nitrogens with zero attached hydrogens (tertiary/aromatic N) is 3. The number of aromatic nitrogens is 2. The second-order valence-corrected chi connectivity index (χ2v) is 6.42. The maximum atomic E-state index is 4.55. The summed E-state index contributed by atoms with van der Waals surface area (Å²) in [5.41, 5.74) is 2.83. The minimum atomic E-state index is 0.338. The van der Waals surface area contributed by atoms with Crippen LogP contribution in [0.4, 0.5) is 0 Å². The molecule has 4 heteroatoms. The maximum Gasteiger partial charge on any atom is 0.0597 e. The van der Waals surface area contributed by atoms with E-state index >= 15 is 0 Å². The molecule has 106 valence electrons. The van der Waals surface area contributed by atoms with E-state index in [2.05, 4.69) is 46.8 Å². The Labute approximate surface area is 116 Å². The number of rotatable bonds is 4. The van der Waals surface area contributed by atoms with Crippen molar-refractivity contribution in [3.05, 3.63) is 17.5 Å². The fraction of sp³-hybridized carbons (Fsp3) is 0.800. The summed E-state index contributed by atoms with van der Waals surface area (Å²) in [4.78, 5) is 2.59. The average molecular weight is 262 g/mol. The third kappa shape index (κ3) is 2.70. The van der Waals surface area contributed by atoms with Gasteiger partial charge in [-0.25, -0.2) is 0 Å². The summed E-state index contributed by atoms with van der Waals surface area (Å²) in [6, 6.07) is 2.24. The van der Waals surface area contributed by atoms with E-state index < -0.39 is 0 Å². The van der Waals surface area contributed by atoms with Crippen molar-refractivity contribution < 1.29 is 0 Å². The molecule has 19 heavy (non-hydrogen) atoms. The van der Waals surface area contributed by atoms with Gasteiger partial charge < -0.3 is 5.32 Å². The Balaban J connectivity index is 1.68. The highest BCUT2D eigenvalue weighted by molar-refractivity contribution is 5.10. The average Bonchev–Trinajstić information content (AvgIpc) is 3.16. The van der Waals surface area contributed by atoms with Crippen molar-refractivity contribution in [1.29, 1.82) is 0 Å². The molecule has 4 nitrogen and oxygen atoms in total. The lowest BCUT2D eigenvalue weighted by molar-refractivity contribution is 0.119. The van der Waals surface area contributed by atoms with Crippen LogP contribution in [0.5, 0.6) is 0 Å². The first-order valence-electron chi connectivity index (χ1n) is 7.61. The number of aryl methyl sites for hydroxylation is 2. The van der Waals surface area contributed by atoms with E-state index in [-0.39, 0.29) is 0 Å². The predicted octanol–water partition coefficient (Wildman–Crippen LogP) is 1.79. The molecule has 0 aromatic carbocycles. The molecule has 0 bridgehead atoms. The van der Waals surface area contributed by atoms with E-state index in [0.717, 1.165) is 37.8 Å². The van der Waals surface area contributed by atoms with Gasteiger partial charge in [0.1, 0.15) is 0 Å². The normalized spacial score (nSPS) is 28.8. The summed E-state index contributed by atoms with van der Waals surface area (Å²) < 4.78 is 2.14. The second kappa shape index (κ2) is 4.91. The molecule has 1 saturated heterocycles. The van der Waals surface area contributed by atoms with Gasteiger partial charge in [0.05, 0.1) is 11.4 Å². The lowest BCUT2D eigenvalue weighted by Crippen LogP contribution is -2.59. The molecule has 2 aliphatic rings. The van der Waals surface area contributed by atoms with Crippen molar-refractivity contribution in [1.82, 2.24) is 20.0 Å². The summed E-state index contributed by atoms with van der Waals surface area (Å²) in [6.45, 7) is 12.1. The van der Waals surface area contributed by atoms with Gasteiger partial charge >= 0.3 is 0 Å². The third-order valence-electron chi connectivity index (χ3n) is 4.66. The smallest absolute Gasteiger partial charge is 0.0597 e. The van der Waals surface area contributed by atoms with Crippen LogP contribution in [-0.4, -0.2) is 39.9 Å². The third-order valence-corrected chi connectivity index (χ3v) is 4.66. The monoisotopic (exact) mass is 262 g/mol. The summed E-state index contributed by atoms with van der Waals surface area (Å²) in [5, 5.41) is 8.30. The van der Waals surface area contributed by atoms with E-state index in [0.29, 0.717) is 5.54 Å². The van der Waals surface area contributed by atoms with E-state index in [4.69, 9.17) is 0 Å². The zero-order valence-corrected chi connectivity index (χ0v) is 12.4. The Bertz CT molecular complexity index is 449. The first-order chi connectivity index (χ1) is 9.10. The molecule has 1 aromatic rings. The Morgan fingerprint density at radius 2 is 2.26 bits per heavy atom. The van der Waals surface area contributed by atoms with Crippen molar-refractivity contribution in [3.8, 4) is 0 Å². The van der Waals surface area contributed by atoms with Gasteiger partial charge in [-0.3, -0.25) is 9.58 Å². The number of nitrogens with one attached hydrogen (secondary N) is 1. The van der Waals surface area contributed by atoms with E-state index in [1.807, 2.05) is 0 Å². The fourth-order valence-electron chi connectivity index (χ4n) is 3.46. The molecular formula is C15H26N4. The molecule has 2 fully saturated rings. The molecule has 1 N–H and O–H groups in total. The Morgan fingerprint density at radius 3 is 2.95 bits per heavy atom. The summed E-state index contributed by atoms with van der Waals surface area (Å²) in [6.07, 6.45) is 2.81. The number of piperazine rings is 1. The lowest BCUT2D eigenvalue weighted by Gasteiger charge is -2.42. The SMILES string of the molecule is CCn1nc(C)cc1CN1CCNC(C)(C2CC2)C1. The van der Waals surface area contributed by atoms with E-state index in [9.17, 15) is 0 Å². The molecule has 1 aliphatic carbocycles. The minimum Gasteiger partial charge on any atom is -0.309 e. The molecule has 1 saturated carbocycles. The zero-order valence-electron chi connectivity index (χ0n) is 12.4. The highest BCUT2D eigenvalue weighted by Gasteiger charge is 2.43. The molecule has 2 heterocycles. The van der Waals surface area contributed by atoms with Crippen LogP contribution in [0.3, 0.4) is 0 Å². The standard InChI is InChI=1S/C15H26N4/c1-4-19-14(9-12(2)17-19)10-18-8-7-16-15(3,11-18)13-5-6-13/h9,13,16H,4-8,10-11H2,1-3H3. The fourth-order valence-corrected chi connectivity index (χ4v) is 3.46. The minimum absolute atomic E-state index is 0.338. The summed E-state index contributed by atoms with van der Waals surface area (Å²) in [7, 11) is 0. The quantitative estimate of drug-likeness (QED) is 0.898. The highest BCUT2D eigenvalue weighted by atomic mass is 15.3. The van der Waals surface area contributed by atoms with Crippen LogP contribution in [0.15, 0.2) is 6.07 Å². The van der Waals surface area contributed by atoms with Gasteiger partial charge in [-0.2, -0.15) is 5.10 Å². The molecular weight excluding hydrogens is 236 g/mol. The predicted molar refractivity (Wildman–Crippen MR) is 77.0 cm³/mol. The number of hydrogen-bond donors (Lipinski definition) is 1. The van der Waals surface area contributed by atoms with E-state index in [1.165, 1.54) is 25.1 Å². The summed E-state index contributed by atoms with van der Waals surface area (Å²) in [5.74, 6) is 0.896. The van der Waals surface area contributed by atoms with Crippen molar-refractivity contribution in [3.63, 3.8) is 0 Å². The van der Waals surface area contributed by atoms with Gasteiger partial charge in [0.25, 0.3) is 0 Å². The van der Waals surface area contributed by atoms with Gasteiger partial charge in [-0.05, 0) is 45.6 Å². The van der Waals surface area contributed by atoms with Crippen LogP contribution < -0.4 is 5.32 Å². The van der Waals surface area contributed by atoms with Gasteiger partial charge in [0.15, 0.2) is 0 Å². The van der Waals surface area contributed by atoms with E-state index in [1.54, 1.807) is 0 Å². The molecule has 0 radical (unpaired) electrons. The largest absolute Gasteiger partial charge is 0.309 e. The van der Waals surface area contributed by atoms with Crippen molar-refractivity contribution in [2.24, 2.45) is 5.92 Å². The number of hydrogen-bond acceptors (Lipinski definition) is 3. The van der Waals surface area contributed by atoms with Gasteiger partial charge in [-0.15, -0.1) is 0 Å². The molecule has 1 aromatic heterocycles. The van der Waals surface area contributed by atoms with Gasteiger partial charge in [0.2, 0.25) is 0 Å². The summed E-state index contributed by atoms with van der Waals surface area (Å²) >= 11 is 0. The van der Waals surface area contributed by atoms with Crippen molar-refractivity contribution >= 4 is 0 Å². The maximum absolute atomic E-state index is 4.55. The highest BCUT2D eigenvalue weighted by Crippen LogP contribution is 2.40. The Hall–Kier alpha value is -0.870. The Morgan fingerprint density at radius 1 is 1.47 bits per heavy atom. The second-order valence-electron chi connectivity index (χ2n) is 6.42. The first-order valence-corrected chi connectivity index (χ1v) is 7.61. The molecule has 3 rings (SSSR count). The van der Waals surface area contributed by atoms with Gasteiger partial charge in [-0.1, -0.05) is 0 Å². The van der Waals surface area contributed by atoms with Crippen LogP contribution >= 0.6 is 0 Å². The van der Waals surface area contributed by atoms with Crippen LogP contribution in [0.1, 0.15) is 38.1 Å². The van der Waals surface area contributed by atoms with Crippen molar-refractivity contribution in [2.75, 3.05) is 19.6 Å². The molecule has 0 spiro atoms. The van der Waals surface area contributed by atoms with Gasteiger partial charge in [0, 0.05) is 38.3 Å². The van der Waals surface area contributed by atoms with Crippen LogP contribution in [0, 0.1) is 12.8 Å².